The van der Waals surface area contributed by atoms with Crippen LogP contribution >= 0.6 is 11.8 Å². The van der Waals surface area contributed by atoms with E-state index in [0.717, 1.165) is 5.75 Å². The topological polar surface area (TPSA) is 32.3 Å². The van der Waals surface area contributed by atoms with E-state index in [1.165, 1.54) is 28.9 Å². The molecule has 1 aromatic rings. The predicted octanol–water partition coefficient (Wildman–Crippen LogP) is 2.51. The first kappa shape index (κ1) is 12.9. The summed E-state index contributed by atoms with van der Waals surface area (Å²) >= 11 is 1.84. The first-order chi connectivity index (χ1) is 8.19. The van der Waals surface area contributed by atoms with Gasteiger partial charge in [-0.3, -0.25) is 0 Å². The second kappa shape index (κ2) is 5.89. The summed E-state index contributed by atoms with van der Waals surface area (Å²) in [5.74, 6) is 0.942. The number of nitrogens with one attached hydrogen (secondary N) is 1. The van der Waals surface area contributed by atoms with E-state index in [2.05, 4.69) is 37.4 Å². The van der Waals surface area contributed by atoms with Crippen molar-refractivity contribution in [2.75, 3.05) is 12.4 Å². The number of benzene rings is 1. The number of aliphatic hydroxyl groups excluding tert-OH is 1. The van der Waals surface area contributed by atoms with Crippen LogP contribution in [-0.2, 0) is 0 Å². The van der Waals surface area contributed by atoms with Gasteiger partial charge < -0.3 is 10.4 Å². The van der Waals surface area contributed by atoms with E-state index in [-0.39, 0.29) is 12.6 Å². The highest BCUT2D eigenvalue weighted by Gasteiger charge is 2.24. The van der Waals surface area contributed by atoms with Gasteiger partial charge in [-0.2, -0.15) is 0 Å². The van der Waals surface area contributed by atoms with Gasteiger partial charge in [-0.1, -0.05) is 17.7 Å². The summed E-state index contributed by atoms with van der Waals surface area (Å²) < 4.78 is 0. The number of aryl methyl sites for hydroxylation is 2. The molecule has 0 radical (unpaired) electrons. The van der Waals surface area contributed by atoms with Gasteiger partial charge in [-0.25, -0.2) is 0 Å². The van der Waals surface area contributed by atoms with Crippen LogP contribution < -0.4 is 5.32 Å². The molecule has 0 saturated heterocycles. The zero-order chi connectivity index (χ0) is 12.3. The lowest BCUT2D eigenvalue weighted by Gasteiger charge is -2.16. The smallest absolute Gasteiger partial charge is 0.0592 e. The fraction of sp³-hybridized carbons (Fsp3) is 0.571. The zero-order valence-electron chi connectivity index (χ0n) is 10.6. The first-order valence-corrected chi connectivity index (χ1v) is 7.24. The maximum atomic E-state index is 9.33. The molecule has 0 heterocycles. The Morgan fingerprint density at radius 2 is 2.18 bits per heavy atom. The molecule has 94 valence electrons. The normalized spacial score (nSPS) is 17.1. The molecular formula is C14H21NOS. The van der Waals surface area contributed by atoms with Crippen LogP contribution in [0.5, 0.6) is 0 Å². The fourth-order valence-corrected chi connectivity index (χ4v) is 2.94. The monoisotopic (exact) mass is 251 g/mol. The molecule has 0 bridgehead atoms. The van der Waals surface area contributed by atoms with Crippen LogP contribution in [0.3, 0.4) is 0 Å². The number of rotatable bonds is 6. The van der Waals surface area contributed by atoms with Crippen molar-refractivity contribution in [2.24, 2.45) is 0 Å². The second-order valence-electron chi connectivity index (χ2n) is 4.90. The second-order valence-corrected chi connectivity index (χ2v) is 5.96. The molecule has 2 rings (SSSR count). The van der Waals surface area contributed by atoms with Gasteiger partial charge in [0.05, 0.1) is 6.61 Å². The van der Waals surface area contributed by atoms with Gasteiger partial charge >= 0.3 is 0 Å². The van der Waals surface area contributed by atoms with E-state index in [1.807, 2.05) is 11.8 Å². The molecule has 17 heavy (non-hydrogen) atoms. The Balaban J connectivity index is 1.88. The third-order valence-electron chi connectivity index (χ3n) is 3.05. The summed E-state index contributed by atoms with van der Waals surface area (Å²) in [5.41, 5.74) is 2.62. The molecule has 0 aromatic heterocycles. The molecule has 0 amide bonds. The van der Waals surface area contributed by atoms with Crippen LogP contribution in [0.25, 0.3) is 0 Å². The van der Waals surface area contributed by atoms with Crippen molar-refractivity contribution in [1.82, 2.24) is 5.32 Å². The minimum absolute atomic E-state index is 0.229. The highest BCUT2D eigenvalue weighted by molar-refractivity contribution is 7.99. The van der Waals surface area contributed by atoms with Crippen molar-refractivity contribution in [3.8, 4) is 0 Å². The first-order valence-electron chi connectivity index (χ1n) is 6.26. The van der Waals surface area contributed by atoms with E-state index in [9.17, 15) is 5.11 Å². The van der Waals surface area contributed by atoms with Gasteiger partial charge in [-0.15, -0.1) is 11.8 Å². The van der Waals surface area contributed by atoms with Crippen LogP contribution in [-0.4, -0.2) is 29.5 Å². The van der Waals surface area contributed by atoms with Crippen LogP contribution in [0.1, 0.15) is 24.0 Å². The van der Waals surface area contributed by atoms with Gasteiger partial charge in [0.1, 0.15) is 0 Å². The number of hydrogen-bond donors (Lipinski definition) is 2. The molecule has 2 N–H and O–H groups in total. The predicted molar refractivity (Wildman–Crippen MR) is 73.7 cm³/mol. The third kappa shape index (κ3) is 4.02. The molecule has 1 unspecified atom stereocenters. The van der Waals surface area contributed by atoms with Crippen LogP contribution in [0, 0.1) is 13.8 Å². The highest BCUT2D eigenvalue weighted by atomic mass is 32.2. The standard InChI is InChI=1S/C14H21NOS/c1-10-3-4-11(2)14(7-10)17-9-13(8-16)15-12-5-6-12/h3-4,7,12-13,15-16H,5-6,8-9H2,1-2H3. The van der Waals surface area contributed by atoms with Crippen LogP contribution in [0.4, 0.5) is 0 Å². The van der Waals surface area contributed by atoms with E-state index in [4.69, 9.17) is 0 Å². The Morgan fingerprint density at radius 3 is 2.82 bits per heavy atom. The van der Waals surface area contributed by atoms with E-state index in [0.29, 0.717) is 6.04 Å². The van der Waals surface area contributed by atoms with Gasteiger partial charge in [0.25, 0.3) is 0 Å². The summed E-state index contributed by atoms with van der Waals surface area (Å²) in [6.07, 6.45) is 2.54. The zero-order valence-corrected chi connectivity index (χ0v) is 11.4. The molecule has 1 aliphatic carbocycles. The van der Waals surface area contributed by atoms with Crippen molar-refractivity contribution < 1.29 is 5.11 Å². The lowest BCUT2D eigenvalue weighted by molar-refractivity contribution is 0.253. The molecule has 1 aliphatic rings. The summed E-state index contributed by atoms with van der Waals surface area (Å²) in [4.78, 5) is 1.33. The summed E-state index contributed by atoms with van der Waals surface area (Å²) in [5, 5.41) is 12.8. The summed E-state index contributed by atoms with van der Waals surface area (Å²) in [6, 6.07) is 7.43. The lowest BCUT2D eigenvalue weighted by Crippen LogP contribution is -2.36. The Kier molecular flexibility index (Phi) is 4.48. The van der Waals surface area contributed by atoms with E-state index >= 15 is 0 Å². The molecule has 1 fully saturated rings. The Hall–Kier alpha value is -0.510. The Labute approximate surface area is 108 Å². The van der Waals surface area contributed by atoms with Crippen LogP contribution in [0.2, 0.25) is 0 Å². The van der Waals surface area contributed by atoms with Crippen molar-refractivity contribution in [3.63, 3.8) is 0 Å². The summed E-state index contributed by atoms with van der Waals surface area (Å²) in [6.45, 7) is 4.49. The third-order valence-corrected chi connectivity index (χ3v) is 4.37. The summed E-state index contributed by atoms with van der Waals surface area (Å²) in [7, 11) is 0. The molecule has 1 saturated carbocycles. The Morgan fingerprint density at radius 1 is 1.41 bits per heavy atom. The largest absolute Gasteiger partial charge is 0.395 e. The quantitative estimate of drug-likeness (QED) is 0.762. The van der Waals surface area contributed by atoms with Crippen LogP contribution in [0.15, 0.2) is 23.1 Å². The van der Waals surface area contributed by atoms with Crippen molar-refractivity contribution >= 4 is 11.8 Å². The molecule has 2 nitrogen and oxygen atoms in total. The fourth-order valence-electron chi connectivity index (χ4n) is 1.79. The van der Waals surface area contributed by atoms with Crippen molar-refractivity contribution in [2.45, 2.75) is 43.7 Å². The molecule has 3 heteroatoms. The lowest BCUT2D eigenvalue weighted by atomic mass is 10.2. The molecule has 1 atom stereocenters. The average molecular weight is 251 g/mol. The number of thioether (sulfide) groups is 1. The molecule has 1 aromatic carbocycles. The van der Waals surface area contributed by atoms with Gasteiger partial charge in [0.2, 0.25) is 0 Å². The minimum atomic E-state index is 0.229. The molecule has 0 spiro atoms. The van der Waals surface area contributed by atoms with Gasteiger partial charge in [-0.05, 0) is 38.3 Å². The minimum Gasteiger partial charge on any atom is -0.395 e. The van der Waals surface area contributed by atoms with Crippen molar-refractivity contribution in [1.29, 1.82) is 0 Å². The average Bonchev–Trinajstić information content (AvgIpc) is 3.12. The van der Waals surface area contributed by atoms with E-state index < -0.39 is 0 Å². The van der Waals surface area contributed by atoms with Crippen molar-refractivity contribution in [3.05, 3.63) is 29.3 Å². The number of hydrogen-bond acceptors (Lipinski definition) is 3. The van der Waals surface area contributed by atoms with Gasteiger partial charge in [0.15, 0.2) is 0 Å². The SMILES string of the molecule is Cc1ccc(C)c(SCC(CO)NC2CC2)c1. The molecule has 0 aliphatic heterocycles. The maximum absolute atomic E-state index is 9.33. The highest BCUT2D eigenvalue weighted by Crippen LogP contribution is 2.25. The van der Waals surface area contributed by atoms with E-state index in [1.54, 1.807) is 0 Å². The molecular weight excluding hydrogens is 230 g/mol. The number of aliphatic hydroxyl groups is 1. The van der Waals surface area contributed by atoms with Gasteiger partial charge in [0, 0.05) is 22.7 Å². The maximum Gasteiger partial charge on any atom is 0.0592 e. The Bertz CT molecular complexity index is 376.